The van der Waals surface area contributed by atoms with E-state index in [0.717, 1.165) is 6.07 Å². The molecule has 2 heterocycles. The van der Waals surface area contributed by atoms with Gasteiger partial charge in [-0.05, 0) is 24.5 Å². The zero-order chi connectivity index (χ0) is 17.9. The van der Waals surface area contributed by atoms with Crippen molar-refractivity contribution in [3.8, 4) is 6.07 Å². The lowest BCUT2D eigenvalue weighted by Gasteiger charge is -2.13. The van der Waals surface area contributed by atoms with Crippen LogP contribution in [0.4, 0.5) is 19.1 Å². The molecular formula is C13H10F3N5O2S. The zero-order valence-electron chi connectivity index (χ0n) is 12.5. The van der Waals surface area contributed by atoms with E-state index in [1.54, 1.807) is 13.1 Å². The molecule has 11 heteroatoms. The van der Waals surface area contributed by atoms with Crippen molar-refractivity contribution in [2.45, 2.75) is 18.1 Å². The van der Waals surface area contributed by atoms with Gasteiger partial charge in [0, 0.05) is 5.75 Å². The first kappa shape index (κ1) is 17.7. The molecule has 126 valence electrons. The quantitative estimate of drug-likeness (QED) is 0.353. The summed E-state index contributed by atoms with van der Waals surface area (Å²) in [5, 5.41) is 24.1. The predicted octanol–water partition coefficient (Wildman–Crippen LogP) is 1.28. The lowest BCUT2D eigenvalue weighted by molar-refractivity contribution is -0.739. The van der Waals surface area contributed by atoms with Crippen molar-refractivity contribution in [3.05, 3.63) is 29.1 Å². The fourth-order valence-corrected chi connectivity index (χ4v) is 2.52. The van der Waals surface area contributed by atoms with Crippen molar-refractivity contribution in [2.24, 2.45) is 12.0 Å². The van der Waals surface area contributed by atoms with Crippen LogP contribution in [0, 0.1) is 18.3 Å². The van der Waals surface area contributed by atoms with E-state index in [1.807, 2.05) is 0 Å². The number of halogens is 3. The summed E-state index contributed by atoms with van der Waals surface area (Å²) in [6.45, 7) is 1.38. The van der Waals surface area contributed by atoms with Gasteiger partial charge in [0.25, 0.3) is 6.20 Å². The number of alkyl halides is 3. The van der Waals surface area contributed by atoms with Gasteiger partial charge < -0.3 is 5.11 Å². The molecule has 24 heavy (non-hydrogen) atoms. The fourth-order valence-electron chi connectivity index (χ4n) is 1.68. The molecule has 0 aliphatic rings. The molecule has 0 aliphatic heterocycles. The molecule has 2 rings (SSSR count). The third-order valence-corrected chi connectivity index (χ3v) is 3.67. The maximum absolute atomic E-state index is 12.8. The molecule has 0 aliphatic carbocycles. The van der Waals surface area contributed by atoms with Gasteiger partial charge in [0.1, 0.15) is 16.8 Å². The zero-order valence-corrected chi connectivity index (χ0v) is 13.3. The molecule has 0 bridgehead atoms. The Kier molecular flexibility index (Phi) is 5.08. The Balaban J connectivity index is 2.24. The van der Waals surface area contributed by atoms with Crippen LogP contribution in [0.25, 0.3) is 0 Å². The van der Waals surface area contributed by atoms with Gasteiger partial charge in [-0.1, -0.05) is 16.4 Å². The molecule has 0 spiro atoms. The summed E-state index contributed by atoms with van der Waals surface area (Å²) >= 11 is 0.704. The standard InChI is InChI=1S/C13H10F3N5O2S/c1-7-3-9(13(14,15)16)18-12(8(7)4-17)24-6-10(22)19-11-5-21(2)20-23-11/h3,5H,6H2,1-2H3. The number of aromatic nitrogens is 3. The normalized spacial score (nSPS) is 12.2. The molecule has 7 nitrogen and oxygen atoms in total. The van der Waals surface area contributed by atoms with E-state index in [1.165, 1.54) is 17.8 Å². The highest BCUT2D eigenvalue weighted by atomic mass is 32.2. The van der Waals surface area contributed by atoms with Gasteiger partial charge >= 0.3 is 12.1 Å². The molecule has 0 unspecified atom stereocenters. The molecule has 0 N–H and O–H groups in total. The fraction of sp³-hybridized carbons (Fsp3) is 0.308. The van der Waals surface area contributed by atoms with Crippen LogP contribution in [0.1, 0.15) is 16.8 Å². The highest BCUT2D eigenvalue weighted by Gasteiger charge is 2.33. The van der Waals surface area contributed by atoms with E-state index >= 15 is 0 Å². The molecule has 2 aromatic heterocycles. The van der Waals surface area contributed by atoms with Crippen LogP contribution in [-0.2, 0) is 13.2 Å². The predicted molar refractivity (Wildman–Crippen MR) is 74.2 cm³/mol. The van der Waals surface area contributed by atoms with Crippen molar-refractivity contribution < 1.29 is 27.5 Å². The molecule has 0 amide bonds. The molecule has 0 aromatic carbocycles. The average molecular weight is 357 g/mol. The second-order valence-electron chi connectivity index (χ2n) is 4.62. The van der Waals surface area contributed by atoms with E-state index in [-0.39, 0.29) is 27.8 Å². The Bertz CT molecular complexity index is 826. The number of thioether (sulfide) groups is 1. The first-order chi connectivity index (χ1) is 11.2. The molecular weight excluding hydrogens is 347 g/mol. The van der Waals surface area contributed by atoms with E-state index in [4.69, 9.17) is 9.78 Å². The minimum atomic E-state index is -4.64. The summed E-state index contributed by atoms with van der Waals surface area (Å²) < 4.78 is 44.4. The number of hydrogen-bond donors (Lipinski definition) is 0. The van der Waals surface area contributed by atoms with Crippen LogP contribution in [0.2, 0.25) is 0 Å². The van der Waals surface area contributed by atoms with Gasteiger partial charge in [-0.2, -0.15) is 18.4 Å². The maximum atomic E-state index is 12.8. The van der Waals surface area contributed by atoms with Crippen molar-refractivity contribution in [1.29, 1.82) is 5.26 Å². The van der Waals surface area contributed by atoms with Crippen molar-refractivity contribution in [3.63, 3.8) is 0 Å². The minimum Gasteiger partial charge on any atom is -0.861 e. The Morgan fingerprint density at radius 3 is 2.79 bits per heavy atom. The summed E-state index contributed by atoms with van der Waals surface area (Å²) in [4.78, 5) is 7.04. The molecule has 0 radical (unpaired) electrons. The first-order valence-electron chi connectivity index (χ1n) is 6.39. The van der Waals surface area contributed by atoms with Gasteiger partial charge in [0.15, 0.2) is 12.3 Å². The number of rotatable bonds is 4. The second kappa shape index (κ2) is 6.88. The summed E-state index contributed by atoms with van der Waals surface area (Å²) in [5.41, 5.74) is -0.992. The summed E-state index contributed by atoms with van der Waals surface area (Å²) in [5.74, 6) is -0.985. The Labute approximate surface area is 138 Å². The number of aryl methyl sites for hydroxylation is 2. The first-order valence-corrected chi connectivity index (χ1v) is 7.38. The summed E-state index contributed by atoms with van der Waals surface area (Å²) in [6.07, 6.45) is -3.28. The van der Waals surface area contributed by atoms with Gasteiger partial charge in [-0.25, -0.2) is 9.98 Å². The Hall–Kier alpha value is -2.61. The van der Waals surface area contributed by atoms with Crippen molar-refractivity contribution >= 4 is 23.5 Å². The minimum absolute atomic E-state index is 0.00753. The van der Waals surface area contributed by atoms with E-state index in [9.17, 15) is 18.3 Å². The SMILES string of the molecule is Cc1cc(C(F)(F)F)nc(SC/C([O-])=N/c2c[n+](C)no2)c1C#N. The van der Waals surface area contributed by atoms with Crippen molar-refractivity contribution in [2.75, 3.05) is 5.75 Å². The number of pyridine rings is 1. The lowest BCUT2D eigenvalue weighted by atomic mass is 10.1. The summed E-state index contributed by atoms with van der Waals surface area (Å²) in [6, 6.07) is 2.59. The third kappa shape index (κ3) is 4.23. The van der Waals surface area contributed by atoms with Crippen LogP contribution in [0.3, 0.4) is 0 Å². The summed E-state index contributed by atoms with van der Waals surface area (Å²) in [7, 11) is 1.57. The average Bonchev–Trinajstić information content (AvgIpc) is 2.88. The highest BCUT2D eigenvalue weighted by molar-refractivity contribution is 7.99. The van der Waals surface area contributed by atoms with Gasteiger partial charge in [0.2, 0.25) is 0 Å². The third-order valence-electron chi connectivity index (χ3n) is 2.71. The molecule has 0 saturated heterocycles. The smallest absolute Gasteiger partial charge is 0.433 e. The Morgan fingerprint density at radius 2 is 2.25 bits per heavy atom. The molecule has 2 aromatic rings. The number of aliphatic imine (C=N–C) groups is 1. The van der Waals surface area contributed by atoms with Gasteiger partial charge in [0.05, 0.1) is 5.56 Å². The molecule has 0 fully saturated rings. The Morgan fingerprint density at radius 1 is 1.54 bits per heavy atom. The topological polar surface area (TPSA) is 102 Å². The monoisotopic (exact) mass is 357 g/mol. The molecule has 0 atom stereocenters. The van der Waals surface area contributed by atoms with Crippen LogP contribution in [-0.4, -0.2) is 21.9 Å². The number of nitriles is 1. The van der Waals surface area contributed by atoms with Crippen LogP contribution < -0.4 is 9.79 Å². The lowest BCUT2D eigenvalue weighted by Crippen LogP contribution is -2.27. The van der Waals surface area contributed by atoms with E-state index in [2.05, 4.69) is 15.2 Å². The van der Waals surface area contributed by atoms with E-state index < -0.39 is 17.8 Å². The number of hydrogen-bond acceptors (Lipinski definition) is 7. The van der Waals surface area contributed by atoms with Crippen LogP contribution in [0.5, 0.6) is 0 Å². The maximum Gasteiger partial charge on any atom is 0.433 e. The highest BCUT2D eigenvalue weighted by Crippen LogP contribution is 2.32. The molecule has 0 saturated carbocycles. The van der Waals surface area contributed by atoms with Crippen LogP contribution >= 0.6 is 11.8 Å². The number of nitrogens with zero attached hydrogens (tertiary/aromatic N) is 5. The van der Waals surface area contributed by atoms with Gasteiger partial charge in [-0.15, -0.1) is 0 Å². The van der Waals surface area contributed by atoms with Crippen molar-refractivity contribution in [1.82, 2.24) is 10.3 Å². The van der Waals surface area contributed by atoms with E-state index in [0.29, 0.717) is 11.8 Å². The second-order valence-corrected chi connectivity index (χ2v) is 5.59. The largest absolute Gasteiger partial charge is 0.861 e. The van der Waals surface area contributed by atoms with Crippen LogP contribution in [0.15, 0.2) is 26.8 Å². The van der Waals surface area contributed by atoms with Gasteiger partial charge in [-0.3, -0.25) is 4.52 Å².